The van der Waals surface area contributed by atoms with E-state index in [-0.39, 0.29) is 24.7 Å². The molecule has 0 saturated carbocycles. The van der Waals surface area contributed by atoms with Crippen molar-refractivity contribution in [2.45, 2.75) is 20.0 Å². The number of aryl methyl sites for hydroxylation is 1. The van der Waals surface area contributed by atoms with E-state index in [0.29, 0.717) is 18.0 Å². The first-order valence-electron chi connectivity index (χ1n) is 8.53. The molecule has 7 heteroatoms. The number of carbonyl (C=O) groups is 2. The second kappa shape index (κ2) is 9.14. The molecular weight excluding hydrogens is 351 g/mol. The van der Waals surface area contributed by atoms with E-state index in [0.717, 1.165) is 11.1 Å². The molecule has 0 aliphatic carbocycles. The van der Waals surface area contributed by atoms with Crippen LogP contribution in [0, 0.1) is 18.7 Å². The Morgan fingerprint density at radius 3 is 2.48 bits per heavy atom. The second-order valence-electron chi connectivity index (χ2n) is 6.11. The number of anilines is 1. The van der Waals surface area contributed by atoms with Crippen molar-refractivity contribution in [1.29, 1.82) is 0 Å². The molecule has 0 spiro atoms. The van der Waals surface area contributed by atoms with Crippen LogP contribution in [0.5, 0.6) is 5.75 Å². The molecule has 1 saturated heterocycles. The summed E-state index contributed by atoms with van der Waals surface area (Å²) in [5, 5.41) is 9.07. The molecule has 3 rings (SSSR count). The van der Waals surface area contributed by atoms with Gasteiger partial charge >= 0.3 is 5.97 Å². The number of hydrogen-bond acceptors (Lipinski definition) is 4. The van der Waals surface area contributed by atoms with Gasteiger partial charge < -0.3 is 20.5 Å². The Bertz CT molecular complexity index is 808. The smallest absolute Gasteiger partial charge is 0.308 e. The molecule has 1 atom stereocenters. The van der Waals surface area contributed by atoms with E-state index in [1.165, 1.54) is 24.1 Å². The lowest BCUT2D eigenvalue weighted by Crippen LogP contribution is -2.25. The molecular formula is C20H23FN2O4. The van der Waals surface area contributed by atoms with Crippen LogP contribution >= 0.6 is 0 Å². The summed E-state index contributed by atoms with van der Waals surface area (Å²) in [6.45, 7) is 2.35. The summed E-state index contributed by atoms with van der Waals surface area (Å²) in [6, 6.07) is 11.4. The minimum Gasteiger partial charge on any atom is -0.489 e. The Balaban J connectivity index is 0.00000126. The van der Waals surface area contributed by atoms with Crippen LogP contribution in [0.15, 0.2) is 42.5 Å². The van der Waals surface area contributed by atoms with Crippen molar-refractivity contribution in [2.75, 3.05) is 18.5 Å². The Kier molecular flexibility index (Phi) is 6.90. The predicted octanol–water partition coefficient (Wildman–Crippen LogP) is 2.73. The molecule has 6 nitrogen and oxygen atoms in total. The molecule has 1 unspecified atom stereocenters. The Morgan fingerprint density at radius 2 is 1.93 bits per heavy atom. The number of benzene rings is 2. The van der Waals surface area contributed by atoms with E-state index >= 15 is 0 Å². The maximum Gasteiger partial charge on any atom is 0.308 e. The fourth-order valence-corrected chi connectivity index (χ4v) is 2.83. The molecule has 3 N–H and O–H groups in total. The van der Waals surface area contributed by atoms with Crippen LogP contribution < -0.4 is 15.4 Å². The highest BCUT2D eigenvalue weighted by molar-refractivity contribution is 5.99. The van der Waals surface area contributed by atoms with Crippen molar-refractivity contribution >= 4 is 17.6 Å². The van der Waals surface area contributed by atoms with Crippen molar-refractivity contribution < 1.29 is 23.8 Å². The molecule has 144 valence electrons. The van der Waals surface area contributed by atoms with Gasteiger partial charge in [-0.1, -0.05) is 12.1 Å². The summed E-state index contributed by atoms with van der Waals surface area (Å²) in [4.78, 5) is 24.6. The number of carboxylic acid groups (broad SMARTS) is 1. The number of carbonyl (C=O) groups excluding carboxylic acids is 1. The highest BCUT2D eigenvalue weighted by Gasteiger charge is 2.35. The van der Waals surface area contributed by atoms with Gasteiger partial charge in [0.15, 0.2) is 0 Å². The van der Waals surface area contributed by atoms with Gasteiger partial charge in [0.25, 0.3) is 0 Å². The number of hydrogen-bond donors (Lipinski definition) is 2. The molecule has 0 radical (unpaired) electrons. The van der Waals surface area contributed by atoms with Crippen LogP contribution in [-0.4, -0.2) is 30.6 Å². The third-order valence-corrected chi connectivity index (χ3v) is 4.25. The summed E-state index contributed by atoms with van der Waals surface area (Å²) < 4.78 is 18.7. The van der Waals surface area contributed by atoms with Gasteiger partial charge in [-0.15, -0.1) is 0 Å². The zero-order valence-electron chi connectivity index (χ0n) is 15.3. The molecule has 1 amide bonds. The van der Waals surface area contributed by atoms with Crippen molar-refractivity contribution in [3.63, 3.8) is 0 Å². The van der Waals surface area contributed by atoms with Gasteiger partial charge in [0, 0.05) is 18.7 Å². The average molecular weight is 374 g/mol. The summed E-state index contributed by atoms with van der Waals surface area (Å²) in [5.74, 6) is -1.44. The van der Waals surface area contributed by atoms with Crippen LogP contribution in [-0.2, 0) is 16.2 Å². The highest BCUT2D eigenvalue weighted by Crippen LogP contribution is 2.29. The first-order chi connectivity index (χ1) is 12.9. The monoisotopic (exact) mass is 374 g/mol. The zero-order chi connectivity index (χ0) is 20.0. The predicted molar refractivity (Wildman–Crippen MR) is 100 cm³/mol. The van der Waals surface area contributed by atoms with Crippen molar-refractivity contribution in [2.24, 2.45) is 11.7 Å². The van der Waals surface area contributed by atoms with Gasteiger partial charge in [0.05, 0.1) is 5.92 Å². The lowest BCUT2D eigenvalue weighted by molar-refractivity contribution is -0.141. The highest BCUT2D eigenvalue weighted by atomic mass is 19.1. The molecule has 1 aliphatic heterocycles. The average Bonchev–Trinajstić information content (AvgIpc) is 3.06. The van der Waals surface area contributed by atoms with Gasteiger partial charge in [-0.05, 0) is 55.4 Å². The quantitative estimate of drug-likeness (QED) is 0.839. The molecule has 2 aromatic rings. The van der Waals surface area contributed by atoms with Gasteiger partial charge in [0.2, 0.25) is 5.91 Å². The molecule has 27 heavy (non-hydrogen) atoms. The second-order valence-corrected chi connectivity index (χ2v) is 6.11. The van der Waals surface area contributed by atoms with Crippen molar-refractivity contribution in [3.8, 4) is 5.75 Å². The number of rotatable bonds is 5. The summed E-state index contributed by atoms with van der Waals surface area (Å²) in [6.07, 6.45) is 0.0250. The first kappa shape index (κ1) is 20.4. The first-order valence-corrected chi connectivity index (χ1v) is 8.53. The summed E-state index contributed by atoms with van der Waals surface area (Å²) in [7, 11) is 1.50. The maximum atomic E-state index is 12.9. The van der Waals surface area contributed by atoms with E-state index < -0.39 is 11.9 Å². The molecule has 0 bridgehead atoms. The van der Waals surface area contributed by atoms with E-state index in [9.17, 15) is 14.0 Å². The number of halogens is 1. The van der Waals surface area contributed by atoms with Crippen LogP contribution in [0.25, 0.3) is 0 Å². The molecule has 1 fully saturated rings. The molecule has 2 aromatic carbocycles. The summed E-state index contributed by atoms with van der Waals surface area (Å²) >= 11 is 0. The molecule has 0 aromatic heterocycles. The zero-order valence-corrected chi connectivity index (χ0v) is 15.3. The maximum absolute atomic E-state index is 12.9. The number of amides is 1. The Morgan fingerprint density at radius 1 is 1.26 bits per heavy atom. The van der Waals surface area contributed by atoms with Crippen molar-refractivity contribution in [3.05, 3.63) is 59.4 Å². The normalized spacial score (nSPS) is 15.9. The number of nitrogens with zero attached hydrogens (tertiary/aromatic N) is 1. The SMILES string of the molecule is CN.Cc1cc(N2CC(C(=O)O)CC2=O)ccc1OCc1ccc(F)cc1. The third-order valence-electron chi connectivity index (χ3n) is 4.25. The third kappa shape index (κ3) is 5.04. The van der Waals surface area contributed by atoms with Gasteiger partial charge in [-0.2, -0.15) is 0 Å². The van der Waals surface area contributed by atoms with Crippen LogP contribution in [0.3, 0.4) is 0 Å². The minimum absolute atomic E-state index is 0.0250. The largest absolute Gasteiger partial charge is 0.489 e. The summed E-state index contributed by atoms with van der Waals surface area (Å²) in [5.41, 5.74) is 6.86. The van der Waals surface area contributed by atoms with Crippen molar-refractivity contribution in [1.82, 2.24) is 0 Å². The van der Waals surface area contributed by atoms with E-state index in [2.05, 4.69) is 5.73 Å². The number of carboxylic acids is 1. The number of nitrogens with two attached hydrogens (primary N) is 1. The van der Waals surface area contributed by atoms with Crippen LogP contribution in [0.4, 0.5) is 10.1 Å². The van der Waals surface area contributed by atoms with Crippen LogP contribution in [0.2, 0.25) is 0 Å². The molecule has 1 aliphatic rings. The Labute approximate surface area is 157 Å². The lowest BCUT2D eigenvalue weighted by Gasteiger charge is -2.18. The minimum atomic E-state index is -0.952. The van der Waals surface area contributed by atoms with Gasteiger partial charge in [-0.3, -0.25) is 9.59 Å². The fourth-order valence-electron chi connectivity index (χ4n) is 2.83. The number of ether oxygens (including phenoxy) is 1. The lowest BCUT2D eigenvalue weighted by atomic mass is 10.1. The standard InChI is InChI=1S/C19H18FNO4.CH5N/c1-12-8-16(21-10-14(19(23)24)9-18(21)22)6-7-17(12)25-11-13-2-4-15(20)5-3-13;1-2/h2-8,14H,9-11H2,1H3,(H,23,24);2H2,1H3. The fraction of sp³-hybridized carbons (Fsp3) is 0.300. The van der Waals surface area contributed by atoms with E-state index in [4.69, 9.17) is 9.84 Å². The van der Waals surface area contributed by atoms with Gasteiger partial charge in [0.1, 0.15) is 18.2 Å². The van der Waals surface area contributed by atoms with Crippen LogP contribution in [0.1, 0.15) is 17.5 Å². The number of aliphatic carboxylic acids is 1. The van der Waals surface area contributed by atoms with E-state index in [1.807, 2.05) is 13.0 Å². The van der Waals surface area contributed by atoms with Gasteiger partial charge in [-0.25, -0.2) is 4.39 Å². The van der Waals surface area contributed by atoms with E-state index in [1.54, 1.807) is 24.3 Å². The molecule has 1 heterocycles. The topological polar surface area (TPSA) is 92.9 Å². The Hall–Kier alpha value is -2.93.